The van der Waals surface area contributed by atoms with E-state index in [-0.39, 0.29) is 0 Å². The van der Waals surface area contributed by atoms with Crippen molar-refractivity contribution in [2.24, 2.45) is 5.16 Å². The summed E-state index contributed by atoms with van der Waals surface area (Å²) < 4.78 is 0. The Morgan fingerprint density at radius 2 is 1.95 bits per heavy atom. The molecule has 114 valence electrons. The Labute approximate surface area is 128 Å². The number of oxime groups is 1. The molecule has 21 heavy (non-hydrogen) atoms. The van der Waals surface area contributed by atoms with Crippen molar-refractivity contribution in [3.63, 3.8) is 0 Å². The molecule has 0 unspecified atom stereocenters. The first-order chi connectivity index (χ1) is 10.3. The number of benzene rings is 1. The number of nitrogens with one attached hydrogen (secondary N) is 1. The van der Waals surface area contributed by atoms with Crippen LogP contribution in [0.2, 0.25) is 0 Å². The molecule has 1 saturated carbocycles. The van der Waals surface area contributed by atoms with Crippen molar-refractivity contribution >= 4 is 11.8 Å². The van der Waals surface area contributed by atoms with Crippen LogP contribution in [0.5, 0.6) is 0 Å². The minimum Gasteiger partial charge on any atom is -0.394 e. The Morgan fingerprint density at radius 3 is 2.71 bits per heavy atom. The average Bonchev–Trinajstić information content (AvgIpc) is 2.49. The fourth-order valence-electron chi connectivity index (χ4n) is 2.44. The molecule has 0 heterocycles. The van der Waals surface area contributed by atoms with Gasteiger partial charge < -0.3 is 10.2 Å². The third-order valence-electron chi connectivity index (χ3n) is 3.54. The van der Waals surface area contributed by atoms with E-state index in [1.54, 1.807) is 0 Å². The van der Waals surface area contributed by atoms with Gasteiger partial charge >= 0.3 is 0 Å². The number of hydrogen-bond donors (Lipinski definition) is 1. The Bertz CT molecular complexity index is 477. The van der Waals surface area contributed by atoms with Crippen molar-refractivity contribution < 1.29 is 4.84 Å². The molecule has 0 atom stereocenters. The molecule has 1 aliphatic rings. The molecule has 0 radical (unpaired) electrons. The first kappa shape index (κ1) is 15.8. The van der Waals surface area contributed by atoms with Gasteiger partial charge in [0.05, 0.1) is 5.71 Å². The predicted molar refractivity (Wildman–Crippen MR) is 89.4 cm³/mol. The zero-order valence-corrected chi connectivity index (χ0v) is 13.1. The van der Waals surface area contributed by atoms with E-state index in [2.05, 4.69) is 54.7 Å². The van der Waals surface area contributed by atoms with Crippen LogP contribution in [-0.4, -0.2) is 24.9 Å². The van der Waals surface area contributed by atoms with Crippen molar-refractivity contribution in [3.8, 4) is 0 Å². The zero-order valence-electron chi connectivity index (χ0n) is 13.1. The molecule has 1 aromatic carbocycles. The second-order valence-electron chi connectivity index (χ2n) is 5.77. The lowest BCUT2D eigenvalue weighted by Gasteiger charge is -2.16. The molecule has 0 amide bonds. The molecule has 3 nitrogen and oxygen atoms in total. The van der Waals surface area contributed by atoms with Gasteiger partial charge in [0.1, 0.15) is 6.61 Å². The number of nitrogens with zero attached hydrogens (tertiary/aromatic N) is 1. The fourth-order valence-corrected chi connectivity index (χ4v) is 2.44. The highest BCUT2D eigenvalue weighted by Gasteiger charge is 2.14. The molecule has 3 heteroatoms. The van der Waals surface area contributed by atoms with E-state index in [0.29, 0.717) is 12.6 Å². The quantitative estimate of drug-likeness (QED) is 0.633. The van der Waals surface area contributed by atoms with Crippen LogP contribution in [-0.2, 0) is 4.84 Å². The van der Waals surface area contributed by atoms with Crippen molar-refractivity contribution in [3.05, 3.63) is 41.5 Å². The Balaban J connectivity index is 1.94. The van der Waals surface area contributed by atoms with Gasteiger partial charge in [0, 0.05) is 12.6 Å². The molecule has 1 aromatic rings. The van der Waals surface area contributed by atoms with E-state index in [0.717, 1.165) is 25.1 Å². The highest BCUT2D eigenvalue weighted by Crippen LogP contribution is 2.23. The molecule has 0 aliphatic heterocycles. The van der Waals surface area contributed by atoms with Gasteiger partial charge in [-0.2, -0.15) is 0 Å². The number of allylic oxidation sites excluding steroid dienone is 1. The van der Waals surface area contributed by atoms with Gasteiger partial charge in [-0.25, -0.2) is 0 Å². The van der Waals surface area contributed by atoms with Crippen molar-refractivity contribution in [2.45, 2.75) is 45.6 Å². The van der Waals surface area contributed by atoms with Crippen LogP contribution in [0.3, 0.4) is 0 Å². The van der Waals surface area contributed by atoms with Crippen LogP contribution in [0.25, 0.3) is 6.08 Å². The first-order valence-electron chi connectivity index (χ1n) is 7.94. The van der Waals surface area contributed by atoms with Gasteiger partial charge in [-0.3, -0.25) is 0 Å². The van der Waals surface area contributed by atoms with Gasteiger partial charge in [0.15, 0.2) is 0 Å². The minimum atomic E-state index is 0.490. The summed E-state index contributed by atoms with van der Waals surface area (Å²) in [4.78, 5) is 5.48. The SMILES string of the molecule is CC(C)NCCON=C1CCCCC1=Cc1ccccc1. The molecule has 0 spiro atoms. The van der Waals surface area contributed by atoms with Gasteiger partial charge in [-0.15, -0.1) is 0 Å². The molecular weight excluding hydrogens is 260 g/mol. The first-order valence-corrected chi connectivity index (χ1v) is 7.94. The smallest absolute Gasteiger partial charge is 0.129 e. The van der Waals surface area contributed by atoms with Crippen molar-refractivity contribution in [1.82, 2.24) is 5.32 Å². The Morgan fingerprint density at radius 1 is 1.19 bits per heavy atom. The van der Waals surface area contributed by atoms with Crippen LogP contribution < -0.4 is 5.32 Å². The monoisotopic (exact) mass is 286 g/mol. The normalized spacial score (nSPS) is 19.4. The van der Waals surface area contributed by atoms with Crippen LogP contribution in [0.1, 0.15) is 45.1 Å². The maximum atomic E-state index is 5.48. The highest BCUT2D eigenvalue weighted by atomic mass is 16.6. The van der Waals surface area contributed by atoms with E-state index in [1.165, 1.54) is 24.0 Å². The average molecular weight is 286 g/mol. The van der Waals surface area contributed by atoms with E-state index < -0.39 is 0 Å². The molecule has 2 rings (SSSR count). The molecule has 1 aliphatic carbocycles. The Hall–Kier alpha value is -1.61. The summed E-state index contributed by atoms with van der Waals surface area (Å²) in [5, 5.41) is 7.69. The van der Waals surface area contributed by atoms with E-state index in [4.69, 9.17) is 4.84 Å². The van der Waals surface area contributed by atoms with Crippen LogP contribution in [0.4, 0.5) is 0 Å². The number of rotatable bonds is 6. The minimum absolute atomic E-state index is 0.490. The summed E-state index contributed by atoms with van der Waals surface area (Å²) in [7, 11) is 0. The van der Waals surface area contributed by atoms with Gasteiger partial charge in [-0.1, -0.05) is 49.3 Å². The van der Waals surface area contributed by atoms with Crippen LogP contribution in [0, 0.1) is 0 Å². The summed E-state index contributed by atoms with van der Waals surface area (Å²) in [6.45, 7) is 5.73. The fraction of sp³-hybridized carbons (Fsp3) is 0.500. The molecule has 0 aromatic heterocycles. The topological polar surface area (TPSA) is 33.6 Å². The van der Waals surface area contributed by atoms with E-state index in [9.17, 15) is 0 Å². The third kappa shape index (κ3) is 5.72. The summed E-state index contributed by atoms with van der Waals surface area (Å²) >= 11 is 0. The summed E-state index contributed by atoms with van der Waals surface area (Å²) in [5.41, 5.74) is 3.68. The lowest BCUT2D eigenvalue weighted by molar-refractivity contribution is 0.143. The zero-order chi connectivity index (χ0) is 14.9. The second kappa shape index (κ2) is 8.63. The van der Waals surface area contributed by atoms with Gasteiger partial charge in [-0.05, 0) is 42.9 Å². The predicted octanol–water partition coefficient (Wildman–Crippen LogP) is 4.01. The third-order valence-corrected chi connectivity index (χ3v) is 3.54. The summed E-state index contributed by atoms with van der Waals surface area (Å²) in [5.74, 6) is 0. The summed E-state index contributed by atoms with van der Waals surface area (Å²) in [6, 6.07) is 10.9. The Kier molecular flexibility index (Phi) is 6.48. The van der Waals surface area contributed by atoms with E-state index in [1.807, 2.05) is 6.07 Å². The standard InChI is InChI=1S/C18H26N2O/c1-15(2)19-12-13-21-20-18-11-7-6-10-17(18)14-16-8-4-3-5-9-16/h3-5,8-9,14-15,19H,6-7,10-13H2,1-2H3. The molecule has 0 saturated heterocycles. The summed E-state index contributed by atoms with van der Waals surface area (Å²) in [6.07, 6.45) is 6.82. The van der Waals surface area contributed by atoms with Gasteiger partial charge in [0.25, 0.3) is 0 Å². The largest absolute Gasteiger partial charge is 0.394 e. The lowest BCUT2D eigenvalue weighted by Crippen LogP contribution is -2.26. The van der Waals surface area contributed by atoms with Crippen LogP contribution in [0.15, 0.2) is 41.1 Å². The van der Waals surface area contributed by atoms with Crippen LogP contribution >= 0.6 is 0 Å². The lowest BCUT2D eigenvalue weighted by atomic mass is 9.91. The maximum absolute atomic E-state index is 5.48. The molecule has 1 N–H and O–H groups in total. The van der Waals surface area contributed by atoms with Crippen molar-refractivity contribution in [1.29, 1.82) is 0 Å². The van der Waals surface area contributed by atoms with Crippen molar-refractivity contribution in [2.75, 3.05) is 13.2 Å². The second-order valence-corrected chi connectivity index (χ2v) is 5.77. The maximum Gasteiger partial charge on any atom is 0.129 e. The van der Waals surface area contributed by atoms with Gasteiger partial charge in [0.2, 0.25) is 0 Å². The number of hydrogen-bond acceptors (Lipinski definition) is 3. The molecule has 0 bridgehead atoms. The van der Waals surface area contributed by atoms with E-state index >= 15 is 0 Å². The molecule has 1 fully saturated rings. The molecular formula is C18H26N2O. The highest BCUT2D eigenvalue weighted by molar-refractivity contribution is 6.03.